The molecule has 1 N–H and O–H groups in total. The zero-order valence-electron chi connectivity index (χ0n) is 13.0. The lowest BCUT2D eigenvalue weighted by atomic mass is 10.1. The van der Waals surface area contributed by atoms with Crippen molar-refractivity contribution in [1.29, 1.82) is 0 Å². The maximum absolute atomic E-state index is 12.2. The molecule has 0 saturated carbocycles. The van der Waals surface area contributed by atoms with E-state index in [-0.39, 0.29) is 5.91 Å². The first-order chi connectivity index (χ1) is 10.6. The van der Waals surface area contributed by atoms with Gasteiger partial charge < -0.3 is 10.2 Å². The second-order valence-corrected chi connectivity index (χ2v) is 5.66. The molecule has 1 saturated heterocycles. The van der Waals surface area contributed by atoms with E-state index in [4.69, 9.17) is 0 Å². The number of hydrogen-bond acceptors (Lipinski definition) is 4. The molecule has 5 nitrogen and oxygen atoms in total. The number of rotatable bonds is 3. The number of carbonyl (C=O) groups excluding carboxylic acids is 1. The SMILES string of the molecule is Cc1cccc(Nc2cnc(C(=O)N3CCCC3)cn2)c1C. The Hall–Kier alpha value is -2.43. The largest absolute Gasteiger partial charge is 0.339 e. The van der Waals surface area contributed by atoms with Crippen molar-refractivity contribution in [3.63, 3.8) is 0 Å². The summed E-state index contributed by atoms with van der Waals surface area (Å²) in [5, 5.41) is 3.25. The van der Waals surface area contributed by atoms with Crippen LogP contribution in [0, 0.1) is 13.8 Å². The molecule has 2 heterocycles. The van der Waals surface area contributed by atoms with Crippen LogP contribution in [0.25, 0.3) is 0 Å². The molecule has 1 aromatic carbocycles. The molecule has 0 atom stereocenters. The van der Waals surface area contributed by atoms with Gasteiger partial charge in [-0.15, -0.1) is 0 Å². The minimum atomic E-state index is -0.0247. The molecule has 1 aliphatic rings. The number of nitrogens with one attached hydrogen (secondary N) is 1. The Kier molecular flexibility index (Phi) is 4.04. The molecule has 0 radical (unpaired) electrons. The van der Waals surface area contributed by atoms with Crippen molar-refractivity contribution in [3.8, 4) is 0 Å². The second-order valence-electron chi connectivity index (χ2n) is 5.66. The first-order valence-electron chi connectivity index (χ1n) is 7.60. The van der Waals surface area contributed by atoms with Crippen molar-refractivity contribution in [2.45, 2.75) is 26.7 Å². The van der Waals surface area contributed by atoms with E-state index >= 15 is 0 Å². The number of carbonyl (C=O) groups is 1. The predicted molar refractivity (Wildman–Crippen MR) is 86.4 cm³/mol. The fourth-order valence-electron chi connectivity index (χ4n) is 2.61. The number of benzene rings is 1. The van der Waals surface area contributed by atoms with Gasteiger partial charge in [0, 0.05) is 18.8 Å². The summed E-state index contributed by atoms with van der Waals surface area (Å²) in [4.78, 5) is 22.6. The molecule has 1 fully saturated rings. The van der Waals surface area contributed by atoms with Crippen LogP contribution < -0.4 is 5.32 Å². The third-order valence-electron chi connectivity index (χ3n) is 4.13. The fourth-order valence-corrected chi connectivity index (χ4v) is 2.61. The van der Waals surface area contributed by atoms with E-state index in [2.05, 4.69) is 35.2 Å². The Bertz CT molecular complexity index is 676. The molecular weight excluding hydrogens is 276 g/mol. The Balaban J connectivity index is 1.74. The molecule has 22 heavy (non-hydrogen) atoms. The van der Waals surface area contributed by atoms with Crippen molar-refractivity contribution in [2.75, 3.05) is 18.4 Å². The zero-order chi connectivity index (χ0) is 15.5. The highest BCUT2D eigenvalue weighted by molar-refractivity contribution is 5.92. The van der Waals surface area contributed by atoms with E-state index in [1.807, 2.05) is 17.0 Å². The van der Waals surface area contributed by atoms with Gasteiger partial charge in [-0.2, -0.15) is 0 Å². The maximum Gasteiger partial charge on any atom is 0.274 e. The van der Waals surface area contributed by atoms with Crippen LogP contribution in [0.1, 0.15) is 34.5 Å². The van der Waals surface area contributed by atoms with Gasteiger partial charge in [-0.3, -0.25) is 4.79 Å². The highest BCUT2D eigenvalue weighted by Gasteiger charge is 2.20. The van der Waals surface area contributed by atoms with Crippen molar-refractivity contribution in [1.82, 2.24) is 14.9 Å². The van der Waals surface area contributed by atoms with Crippen molar-refractivity contribution in [2.24, 2.45) is 0 Å². The van der Waals surface area contributed by atoms with Gasteiger partial charge in [0.1, 0.15) is 11.5 Å². The Morgan fingerprint density at radius 1 is 1.14 bits per heavy atom. The minimum Gasteiger partial charge on any atom is -0.339 e. The monoisotopic (exact) mass is 296 g/mol. The number of hydrogen-bond donors (Lipinski definition) is 1. The number of anilines is 2. The molecule has 114 valence electrons. The average molecular weight is 296 g/mol. The summed E-state index contributed by atoms with van der Waals surface area (Å²) in [5.74, 6) is 0.620. The lowest BCUT2D eigenvalue weighted by molar-refractivity contribution is 0.0786. The Morgan fingerprint density at radius 3 is 2.59 bits per heavy atom. The first kappa shape index (κ1) is 14.5. The quantitative estimate of drug-likeness (QED) is 0.945. The standard InChI is InChI=1S/C17H20N4O/c1-12-6-5-7-14(13(12)2)20-16-11-18-15(10-19-16)17(22)21-8-3-4-9-21/h5-7,10-11H,3-4,8-9H2,1-2H3,(H,19,20). The topological polar surface area (TPSA) is 58.1 Å². The van der Waals surface area contributed by atoms with E-state index in [9.17, 15) is 4.79 Å². The Morgan fingerprint density at radius 2 is 1.91 bits per heavy atom. The van der Waals surface area contributed by atoms with Gasteiger partial charge in [0.15, 0.2) is 0 Å². The van der Waals surface area contributed by atoms with Gasteiger partial charge in [-0.1, -0.05) is 12.1 Å². The van der Waals surface area contributed by atoms with Crippen molar-refractivity contribution in [3.05, 3.63) is 47.4 Å². The maximum atomic E-state index is 12.2. The third kappa shape index (κ3) is 2.93. The van der Waals surface area contributed by atoms with E-state index in [0.717, 1.165) is 31.6 Å². The molecule has 1 aliphatic heterocycles. The molecule has 3 rings (SSSR count). The van der Waals surface area contributed by atoms with Gasteiger partial charge in [-0.05, 0) is 43.9 Å². The molecule has 0 unspecified atom stereocenters. The highest BCUT2D eigenvalue weighted by Crippen LogP contribution is 2.21. The molecule has 1 aromatic heterocycles. The number of likely N-dealkylation sites (tertiary alicyclic amines) is 1. The first-order valence-corrected chi connectivity index (χ1v) is 7.60. The molecular formula is C17H20N4O. The van der Waals surface area contributed by atoms with E-state index < -0.39 is 0 Å². The summed E-state index contributed by atoms with van der Waals surface area (Å²) in [7, 11) is 0. The zero-order valence-corrected chi connectivity index (χ0v) is 13.0. The summed E-state index contributed by atoms with van der Waals surface area (Å²) in [5.41, 5.74) is 3.82. The molecule has 0 bridgehead atoms. The lowest BCUT2D eigenvalue weighted by Gasteiger charge is -2.14. The molecule has 0 aliphatic carbocycles. The van der Waals surface area contributed by atoms with E-state index in [0.29, 0.717) is 11.5 Å². The average Bonchev–Trinajstić information content (AvgIpc) is 3.06. The number of aromatic nitrogens is 2. The highest BCUT2D eigenvalue weighted by atomic mass is 16.2. The van der Waals surface area contributed by atoms with Crippen LogP contribution in [0.4, 0.5) is 11.5 Å². The molecule has 5 heteroatoms. The Labute approximate surface area is 130 Å². The molecule has 0 spiro atoms. The number of amides is 1. The summed E-state index contributed by atoms with van der Waals surface area (Å²) in [6.45, 7) is 5.78. The van der Waals surface area contributed by atoms with Crippen LogP contribution in [0.2, 0.25) is 0 Å². The van der Waals surface area contributed by atoms with Crippen molar-refractivity contribution < 1.29 is 4.79 Å². The molecule has 1 amide bonds. The predicted octanol–water partition coefficient (Wildman–Crippen LogP) is 3.07. The van der Waals surface area contributed by atoms with Crippen molar-refractivity contribution >= 4 is 17.4 Å². The number of aryl methyl sites for hydroxylation is 1. The normalized spacial score (nSPS) is 14.2. The number of nitrogens with zero attached hydrogens (tertiary/aromatic N) is 3. The summed E-state index contributed by atoms with van der Waals surface area (Å²) >= 11 is 0. The van der Waals surface area contributed by atoms with Crippen LogP contribution in [-0.2, 0) is 0 Å². The van der Waals surface area contributed by atoms with E-state index in [1.165, 1.54) is 11.1 Å². The second kappa shape index (κ2) is 6.13. The molecule has 2 aromatic rings. The lowest BCUT2D eigenvalue weighted by Crippen LogP contribution is -2.28. The summed E-state index contributed by atoms with van der Waals surface area (Å²) in [6.07, 6.45) is 5.32. The van der Waals surface area contributed by atoms with Crippen LogP contribution in [-0.4, -0.2) is 33.9 Å². The summed E-state index contributed by atoms with van der Waals surface area (Å²) < 4.78 is 0. The third-order valence-corrected chi connectivity index (χ3v) is 4.13. The van der Waals surface area contributed by atoms with Gasteiger partial charge in [0.25, 0.3) is 5.91 Å². The van der Waals surface area contributed by atoms with Crippen LogP contribution >= 0.6 is 0 Å². The van der Waals surface area contributed by atoms with Gasteiger partial charge >= 0.3 is 0 Å². The minimum absolute atomic E-state index is 0.0247. The van der Waals surface area contributed by atoms with Gasteiger partial charge in [0.05, 0.1) is 12.4 Å². The smallest absolute Gasteiger partial charge is 0.274 e. The van der Waals surface area contributed by atoms with Gasteiger partial charge in [0.2, 0.25) is 0 Å². The van der Waals surface area contributed by atoms with E-state index in [1.54, 1.807) is 12.4 Å². The summed E-state index contributed by atoms with van der Waals surface area (Å²) in [6, 6.07) is 6.08. The van der Waals surface area contributed by atoms with Crippen LogP contribution in [0.15, 0.2) is 30.6 Å². The van der Waals surface area contributed by atoms with Crippen LogP contribution in [0.3, 0.4) is 0 Å². The van der Waals surface area contributed by atoms with Gasteiger partial charge in [-0.25, -0.2) is 9.97 Å². The van der Waals surface area contributed by atoms with Crippen LogP contribution in [0.5, 0.6) is 0 Å². The fraction of sp³-hybridized carbons (Fsp3) is 0.353.